The van der Waals surface area contributed by atoms with Gasteiger partial charge in [0.05, 0.1) is 28.7 Å². The van der Waals surface area contributed by atoms with Gasteiger partial charge in [-0.2, -0.15) is 4.31 Å². The number of nitrogens with one attached hydrogen (secondary N) is 1. The van der Waals surface area contributed by atoms with Crippen molar-refractivity contribution in [1.29, 1.82) is 0 Å². The number of rotatable bonds is 7. The molecular formula is C17H29N3O4S2. The molecule has 2 atom stereocenters. The van der Waals surface area contributed by atoms with Crippen LogP contribution >= 0.6 is 11.3 Å². The molecule has 0 aliphatic carbocycles. The van der Waals surface area contributed by atoms with E-state index in [0.717, 1.165) is 11.4 Å². The molecule has 0 radical (unpaired) electrons. The average Bonchev–Trinajstić information content (AvgIpc) is 2.85. The Morgan fingerprint density at radius 2 is 1.96 bits per heavy atom. The lowest BCUT2D eigenvalue weighted by molar-refractivity contribution is -0.0440. The minimum atomic E-state index is -3.42. The number of hydrogen-bond acceptors (Lipinski definition) is 6. The molecule has 2 unspecified atom stereocenters. The van der Waals surface area contributed by atoms with Gasteiger partial charge in [0, 0.05) is 26.1 Å². The average molecular weight is 404 g/mol. The van der Waals surface area contributed by atoms with Crippen LogP contribution in [0.5, 0.6) is 0 Å². The Labute approximate surface area is 160 Å². The van der Waals surface area contributed by atoms with Crippen LogP contribution < -0.4 is 5.32 Å². The van der Waals surface area contributed by atoms with Gasteiger partial charge in [-0.15, -0.1) is 11.3 Å². The number of morpholine rings is 1. The minimum absolute atomic E-state index is 0.0815. The first kappa shape index (κ1) is 21.3. The Balaban J connectivity index is 1.90. The number of thiazole rings is 1. The summed E-state index contributed by atoms with van der Waals surface area (Å²) in [5.74, 6) is 0.100. The summed E-state index contributed by atoms with van der Waals surface area (Å²) in [6.07, 6.45) is 0.588. The number of ether oxygens (including phenoxy) is 1. The SMILES string of the molecule is Cc1nc(CC(C)C)sc1C(=O)NCCS(=O)(=O)N1CC(C)OC(C)C1. The second kappa shape index (κ2) is 8.77. The Kier molecular flexibility index (Phi) is 7.18. The maximum Gasteiger partial charge on any atom is 0.263 e. The zero-order chi connectivity index (χ0) is 19.5. The third-order valence-electron chi connectivity index (χ3n) is 4.06. The number of carbonyl (C=O) groups excluding carboxylic acids is 1. The van der Waals surface area contributed by atoms with Crippen LogP contribution in [-0.2, 0) is 21.2 Å². The number of sulfonamides is 1. The highest BCUT2D eigenvalue weighted by Gasteiger charge is 2.30. The summed E-state index contributed by atoms with van der Waals surface area (Å²) in [6, 6.07) is 0. The molecule has 1 N–H and O–H groups in total. The second-order valence-electron chi connectivity index (χ2n) is 7.27. The van der Waals surface area contributed by atoms with Crippen molar-refractivity contribution in [2.24, 2.45) is 5.92 Å². The summed E-state index contributed by atoms with van der Waals surface area (Å²) in [5, 5.41) is 3.66. The lowest BCUT2D eigenvalue weighted by Crippen LogP contribution is -2.49. The second-order valence-corrected chi connectivity index (χ2v) is 10.4. The number of aromatic nitrogens is 1. The van der Waals surface area contributed by atoms with E-state index < -0.39 is 10.0 Å². The van der Waals surface area contributed by atoms with Gasteiger partial charge in [0.2, 0.25) is 10.0 Å². The molecule has 9 heteroatoms. The number of carbonyl (C=O) groups is 1. The number of aryl methyl sites for hydroxylation is 1. The van der Waals surface area contributed by atoms with E-state index in [4.69, 9.17) is 4.74 Å². The van der Waals surface area contributed by atoms with E-state index in [0.29, 0.717) is 29.6 Å². The first-order chi connectivity index (χ1) is 12.1. The van der Waals surface area contributed by atoms with Gasteiger partial charge in [-0.05, 0) is 26.7 Å². The van der Waals surface area contributed by atoms with E-state index in [1.54, 1.807) is 0 Å². The normalized spacial score (nSPS) is 21.9. The maximum atomic E-state index is 12.5. The van der Waals surface area contributed by atoms with E-state index in [9.17, 15) is 13.2 Å². The van der Waals surface area contributed by atoms with Crippen molar-refractivity contribution in [1.82, 2.24) is 14.6 Å². The highest BCUT2D eigenvalue weighted by molar-refractivity contribution is 7.89. The minimum Gasteiger partial charge on any atom is -0.373 e. The van der Waals surface area contributed by atoms with Gasteiger partial charge in [-0.25, -0.2) is 13.4 Å². The van der Waals surface area contributed by atoms with Crippen molar-refractivity contribution in [3.05, 3.63) is 15.6 Å². The molecule has 1 amide bonds. The Bertz CT molecular complexity index is 720. The first-order valence-corrected chi connectivity index (χ1v) is 11.4. The van der Waals surface area contributed by atoms with Crippen molar-refractivity contribution < 1.29 is 17.9 Å². The fourth-order valence-electron chi connectivity index (χ4n) is 2.96. The number of amides is 1. The summed E-state index contributed by atoms with van der Waals surface area (Å²) >= 11 is 1.38. The van der Waals surface area contributed by atoms with Gasteiger partial charge in [-0.3, -0.25) is 4.79 Å². The van der Waals surface area contributed by atoms with Crippen molar-refractivity contribution in [3.8, 4) is 0 Å². The van der Waals surface area contributed by atoms with Crippen LogP contribution in [-0.4, -0.2) is 61.2 Å². The van der Waals surface area contributed by atoms with Crippen LogP contribution in [0.4, 0.5) is 0 Å². The van der Waals surface area contributed by atoms with Crippen LogP contribution in [0.2, 0.25) is 0 Å². The van der Waals surface area contributed by atoms with Gasteiger partial charge in [0.1, 0.15) is 4.88 Å². The molecular weight excluding hydrogens is 374 g/mol. The molecule has 26 heavy (non-hydrogen) atoms. The molecule has 1 aromatic rings. The number of hydrogen-bond donors (Lipinski definition) is 1. The Hall–Kier alpha value is -1.03. The smallest absolute Gasteiger partial charge is 0.263 e. The molecule has 1 saturated heterocycles. The molecule has 1 aliphatic rings. The van der Waals surface area contributed by atoms with Crippen LogP contribution in [0.15, 0.2) is 0 Å². The summed E-state index contributed by atoms with van der Waals surface area (Å²) in [5.41, 5.74) is 0.696. The van der Waals surface area contributed by atoms with E-state index in [1.807, 2.05) is 20.8 Å². The van der Waals surface area contributed by atoms with Crippen LogP contribution in [0, 0.1) is 12.8 Å². The fraction of sp³-hybridized carbons (Fsp3) is 0.765. The van der Waals surface area contributed by atoms with E-state index in [1.165, 1.54) is 15.6 Å². The molecule has 1 aromatic heterocycles. The van der Waals surface area contributed by atoms with Gasteiger partial charge >= 0.3 is 0 Å². The van der Waals surface area contributed by atoms with Gasteiger partial charge in [0.25, 0.3) is 5.91 Å². The third kappa shape index (κ3) is 5.73. The lowest BCUT2D eigenvalue weighted by atomic mass is 10.1. The molecule has 2 rings (SSSR count). The maximum absolute atomic E-state index is 12.5. The Morgan fingerprint density at radius 3 is 2.54 bits per heavy atom. The van der Waals surface area contributed by atoms with Crippen LogP contribution in [0.1, 0.15) is 48.1 Å². The molecule has 2 heterocycles. The Morgan fingerprint density at radius 1 is 1.35 bits per heavy atom. The number of nitrogens with zero attached hydrogens (tertiary/aromatic N) is 2. The van der Waals surface area contributed by atoms with Gasteiger partial charge in [-0.1, -0.05) is 13.8 Å². The summed E-state index contributed by atoms with van der Waals surface area (Å²) in [7, 11) is -3.42. The highest BCUT2D eigenvalue weighted by atomic mass is 32.2. The third-order valence-corrected chi connectivity index (χ3v) is 7.04. The van der Waals surface area contributed by atoms with Crippen molar-refractivity contribution in [2.75, 3.05) is 25.4 Å². The molecule has 1 fully saturated rings. The molecule has 7 nitrogen and oxygen atoms in total. The van der Waals surface area contributed by atoms with Crippen LogP contribution in [0.25, 0.3) is 0 Å². The summed E-state index contributed by atoms with van der Waals surface area (Å²) in [6.45, 7) is 10.5. The molecule has 1 aliphatic heterocycles. The monoisotopic (exact) mass is 403 g/mol. The molecule has 0 bridgehead atoms. The quantitative estimate of drug-likeness (QED) is 0.750. The van der Waals surface area contributed by atoms with Crippen molar-refractivity contribution >= 4 is 27.3 Å². The molecule has 0 aromatic carbocycles. The van der Waals surface area contributed by atoms with Crippen molar-refractivity contribution in [3.63, 3.8) is 0 Å². The molecule has 0 spiro atoms. The molecule has 0 saturated carbocycles. The fourth-order valence-corrected chi connectivity index (χ4v) is 5.65. The largest absolute Gasteiger partial charge is 0.373 e. The zero-order valence-electron chi connectivity index (χ0n) is 16.1. The van der Waals surface area contributed by atoms with Gasteiger partial charge < -0.3 is 10.1 Å². The van der Waals surface area contributed by atoms with Crippen LogP contribution in [0.3, 0.4) is 0 Å². The highest BCUT2D eigenvalue weighted by Crippen LogP contribution is 2.20. The standard InChI is InChI=1S/C17H29N3O4S2/c1-11(2)8-15-19-14(5)16(25-15)17(21)18-6-7-26(22,23)20-9-12(3)24-13(4)10-20/h11-13H,6-10H2,1-5H3,(H,18,21). The van der Waals surface area contributed by atoms with E-state index in [-0.39, 0.29) is 30.4 Å². The summed E-state index contributed by atoms with van der Waals surface area (Å²) in [4.78, 5) is 17.4. The molecule has 148 valence electrons. The van der Waals surface area contributed by atoms with E-state index >= 15 is 0 Å². The zero-order valence-corrected chi connectivity index (χ0v) is 17.7. The first-order valence-electron chi connectivity index (χ1n) is 8.96. The van der Waals surface area contributed by atoms with E-state index in [2.05, 4.69) is 24.1 Å². The predicted octanol–water partition coefficient (Wildman–Crippen LogP) is 1.82. The summed E-state index contributed by atoms with van der Waals surface area (Å²) < 4.78 is 32.0. The van der Waals surface area contributed by atoms with Gasteiger partial charge in [0.15, 0.2) is 0 Å². The lowest BCUT2D eigenvalue weighted by Gasteiger charge is -2.34. The topological polar surface area (TPSA) is 88.6 Å². The predicted molar refractivity (Wildman–Crippen MR) is 103 cm³/mol. The van der Waals surface area contributed by atoms with Crippen molar-refractivity contribution in [2.45, 2.75) is 53.2 Å².